The molecule has 0 bridgehead atoms. The number of rotatable bonds is 3. The van der Waals surface area contributed by atoms with Crippen molar-refractivity contribution < 1.29 is 4.21 Å². The summed E-state index contributed by atoms with van der Waals surface area (Å²) in [6.45, 7) is 0.428. The van der Waals surface area contributed by atoms with Gasteiger partial charge in [0.25, 0.3) is 0 Å². The van der Waals surface area contributed by atoms with Gasteiger partial charge in [-0.05, 0) is 12.1 Å². The fraction of sp³-hybridized carbons (Fsp3) is 0.222. The van der Waals surface area contributed by atoms with Crippen LogP contribution in [0.4, 0.5) is 0 Å². The molecule has 0 aliphatic carbocycles. The molecule has 0 amide bonds. The smallest absolute Gasteiger partial charge is 0.137 e. The van der Waals surface area contributed by atoms with Gasteiger partial charge in [0.05, 0.1) is 10.8 Å². The molecule has 0 aliphatic heterocycles. The van der Waals surface area contributed by atoms with E-state index in [-0.39, 0.29) is 24.8 Å². The molecule has 2 heterocycles. The van der Waals surface area contributed by atoms with Crippen molar-refractivity contribution in [1.29, 1.82) is 0 Å². The summed E-state index contributed by atoms with van der Waals surface area (Å²) in [6.07, 6.45) is 3.50. The van der Waals surface area contributed by atoms with Crippen molar-refractivity contribution in [2.75, 3.05) is 12.3 Å². The Morgan fingerprint density at radius 3 is 2.81 bits per heavy atom. The van der Waals surface area contributed by atoms with Crippen LogP contribution in [0.3, 0.4) is 0 Å². The fourth-order valence-corrected chi connectivity index (χ4v) is 2.35. The third-order valence-corrected chi connectivity index (χ3v) is 3.33. The van der Waals surface area contributed by atoms with Gasteiger partial charge in [0.2, 0.25) is 0 Å². The van der Waals surface area contributed by atoms with Gasteiger partial charge in [-0.2, -0.15) is 0 Å². The van der Waals surface area contributed by atoms with Crippen molar-refractivity contribution in [2.45, 2.75) is 5.03 Å². The summed E-state index contributed by atoms with van der Waals surface area (Å²) in [7, 11) is -1.04. The lowest BCUT2D eigenvalue weighted by Gasteiger charge is -2.03. The molecule has 1 atom stereocenters. The molecule has 2 aromatic heterocycles. The molecule has 2 aromatic rings. The largest absolute Gasteiger partial charge is 0.330 e. The summed E-state index contributed by atoms with van der Waals surface area (Å²) in [6, 6.07) is 5.57. The summed E-state index contributed by atoms with van der Waals surface area (Å²) in [5.74, 6) is 0.483. The van der Waals surface area contributed by atoms with Crippen LogP contribution in [0.15, 0.2) is 35.6 Å². The molecule has 2 rings (SSSR count). The first-order valence-corrected chi connectivity index (χ1v) is 5.65. The van der Waals surface area contributed by atoms with Gasteiger partial charge in [-0.25, -0.2) is 4.98 Å². The van der Waals surface area contributed by atoms with E-state index in [0.29, 0.717) is 12.3 Å². The van der Waals surface area contributed by atoms with E-state index in [2.05, 4.69) is 4.98 Å². The van der Waals surface area contributed by atoms with E-state index in [4.69, 9.17) is 5.73 Å². The Morgan fingerprint density at radius 1 is 1.38 bits per heavy atom. The van der Waals surface area contributed by atoms with Gasteiger partial charge >= 0.3 is 0 Å². The first-order valence-electron chi connectivity index (χ1n) is 4.33. The topological polar surface area (TPSA) is 60.4 Å². The minimum absolute atomic E-state index is 0. The molecular formula is C9H13Cl2N3OS. The maximum atomic E-state index is 11.7. The summed E-state index contributed by atoms with van der Waals surface area (Å²) >= 11 is 0. The Morgan fingerprint density at radius 2 is 2.12 bits per heavy atom. The first kappa shape index (κ1) is 15.4. The molecule has 1 unspecified atom stereocenters. The predicted octanol–water partition coefficient (Wildman–Crippen LogP) is 1.24. The monoisotopic (exact) mass is 281 g/mol. The number of hydrogen-bond donors (Lipinski definition) is 1. The van der Waals surface area contributed by atoms with Gasteiger partial charge < -0.3 is 5.73 Å². The standard InChI is InChI=1S/C9H11N3OS.2ClH/c10-4-7-14(13)9-3-1-2-8-11-5-6-12(8)9;;/h1-3,5-6H,4,7,10H2;2*1H. The van der Waals surface area contributed by atoms with E-state index in [1.54, 1.807) is 12.4 Å². The highest BCUT2D eigenvalue weighted by molar-refractivity contribution is 7.85. The van der Waals surface area contributed by atoms with E-state index < -0.39 is 10.8 Å². The molecule has 0 fully saturated rings. The highest BCUT2D eigenvalue weighted by Gasteiger charge is 2.06. The van der Waals surface area contributed by atoms with Crippen LogP contribution in [-0.2, 0) is 10.8 Å². The maximum Gasteiger partial charge on any atom is 0.137 e. The molecule has 0 saturated heterocycles. The van der Waals surface area contributed by atoms with Gasteiger partial charge in [0, 0.05) is 24.7 Å². The maximum absolute atomic E-state index is 11.7. The number of aromatic nitrogens is 2. The van der Waals surface area contributed by atoms with Crippen LogP contribution in [0, 0.1) is 0 Å². The minimum Gasteiger partial charge on any atom is -0.330 e. The molecule has 0 aliphatic rings. The van der Waals surface area contributed by atoms with Crippen LogP contribution in [0.2, 0.25) is 0 Å². The molecule has 2 N–H and O–H groups in total. The summed E-state index contributed by atoms with van der Waals surface area (Å²) in [4.78, 5) is 4.12. The lowest BCUT2D eigenvalue weighted by Crippen LogP contribution is -2.12. The van der Waals surface area contributed by atoms with E-state index in [1.807, 2.05) is 22.6 Å². The Hall–Kier alpha value is -0.620. The fourth-order valence-electron chi connectivity index (χ4n) is 1.32. The number of halogens is 2. The molecule has 7 heteroatoms. The zero-order valence-electron chi connectivity index (χ0n) is 8.41. The summed E-state index contributed by atoms with van der Waals surface area (Å²) in [5.41, 5.74) is 6.18. The van der Waals surface area contributed by atoms with Crippen molar-refractivity contribution in [1.82, 2.24) is 9.38 Å². The van der Waals surface area contributed by atoms with E-state index >= 15 is 0 Å². The zero-order chi connectivity index (χ0) is 9.97. The van der Waals surface area contributed by atoms with Crippen LogP contribution in [0.5, 0.6) is 0 Å². The lowest BCUT2D eigenvalue weighted by molar-refractivity contribution is 0.678. The molecule has 0 spiro atoms. The molecule has 4 nitrogen and oxygen atoms in total. The lowest BCUT2D eigenvalue weighted by atomic mass is 10.5. The van der Waals surface area contributed by atoms with E-state index in [0.717, 1.165) is 10.7 Å². The Bertz CT molecular complexity index is 474. The van der Waals surface area contributed by atoms with E-state index in [9.17, 15) is 4.21 Å². The number of nitrogens with zero attached hydrogens (tertiary/aromatic N) is 2. The molecule has 0 radical (unpaired) electrons. The van der Waals surface area contributed by atoms with Gasteiger partial charge in [0.1, 0.15) is 10.7 Å². The number of fused-ring (bicyclic) bond motifs is 1. The van der Waals surface area contributed by atoms with Crippen LogP contribution in [-0.4, -0.2) is 25.9 Å². The second-order valence-electron chi connectivity index (χ2n) is 2.86. The van der Waals surface area contributed by atoms with E-state index in [1.165, 1.54) is 0 Å². The second kappa shape index (κ2) is 6.85. The van der Waals surface area contributed by atoms with Crippen molar-refractivity contribution in [3.63, 3.8) is 0 Å². The molecule has 90 valence electrons. The van der Waals surface area contributed by atoms with Gasteiger partial charge in [-0.15, -0.1) is 24.8 Å². The minimum atomic E-state index is -1.04. The number of pyridine rings is 1. The van der Waals surface area contributed by atoms with Crippen molar-refractivity contribution in [3.8, 4) is 0 Å². The molecule has 16 heavy (non-hydrogen) atoms. The second-order valence-corrected chi connectivity index (χ2v) is 4.38. The van der Waals surface area contributed by atoms with Crippen LogP contribution < -0.4 is 5.73 Å². The summed E-state index contributed by atoms with van der Waals surface area (Å²) in [5, 5.41) is 0.755. The highest BCUT2D eigenvalue weighted by Crippen LogP contribution is 2.09. The third-order valence-electron chi connectivity index (χ3n) is 1.93. The first-order chi connectivity index (χ1) is 6.83. The van der Waals surface area contributed by atoms with Gasteiger partial charge in [-0.1, -0.05) is 6.07 Å². The number of nitrogens with two attached hydrogens (primary N) is 1. The Kier molecular flexibility index (Phi) is 6.59. The summed E-state index contributed by atoms with van der Waals surface area (Å²) < 4.78 is 13.6. The Balaban J connectivity index is 0.00000112. The van der Waals surface area contributed by atoms with Crippen molar-refractivity contribution >= 4 is 41.3 Å². The van der Waals surface area contributed by atoms with Crippen molar-refractivity contribution in [2.24, 2.45) is 5.73 Å². The Labute approximate surface area is 109 Å². The average molecular weight is 282 g/mol. The van der Waals surface area contributed by atoms with Crippen LogP contribution in [0.1, 0.15) is 0 Å². The molecule has 0 aromatic carbocycles. The third kappa shape index (κ3) is 2.95. The van der Waals surface area contributed by atoms with Crippen molar-refractivity contribution in [3.05, 3.63) is 30.6 Å². The quantitative estimate of drug-likeness (QED) is 0.921. The SMILES string of the molecule is Cl.Cl.NCCS(=O)c1cccc2nccn12. The highest BCUT2D eigenvalue weighted by atomic mass is 35.5. The van der Waals surface area contributed by atoms with Gasteiger partial charge in [0.15, 0.2) is 0 Å². The normalized spacial score (nSPS) is 11.6. The average Bonchev–Trinajstić information content (AvgIpc) is 2.65. The number of imidazole rings is 1. The molecule has 0 saturated carbocycles. The number of hydrogen-bond acceptors (Lipinski definition) is 3. The predicted molar refractivity (Wildman–Crippen MR) is 70.0 cm³/mol. The van der Waals surface area contributed by atoms with Crippen LogP contribution in [0.25, 0.3) is 5.65 Å². The van der Waals surface area contributed by atoms with Gasteiger partial charge in [-0.3, -0.25) is 8.61 Å². The zero-order valence-corrected chi connectivity index (χ0v) is 10.9. The van der Waals surface area contributed by atoms with Crippen LogP contribution >= 0.6 is 24.8 Å². The molecular weight excluding hydrogens is 269 g/mol.